The molecule has 0 unspecified atom stereocenters. The van der Waals surface area contributed by atoms with E-state index in [1.165, 1.54) is 77.0 Å². The Kier molecular flexibility index (Phi) is 12.8. The number of hydrogen-bond donors (Lipinski definition) is 2. The van der Waals surface area contributed by atoms with Crippen LogP contribution in [0.4, 0.5) is 21.0 Å². The van der Waals surface area contributed by atoms with Gasteiger partial charge in [-0.1, -0.05) is 6.92 Å². The Morgan fingerprint density at radius 2 is 1.47 bits per heavy atom. The molecule has 20 nitrogen and oxygen atoms in total. The molecule has 3 amide bonds. The summed E-state index contributed by atoms with van der Waals surface area (Å²) in [5.74, 6) is -3.26. The molecule has 0 aliphatic carbocycles. The fourth-order valence-corrected chi connectivity index (χ4v) is 9.20. The first-order chi connectivity index (χ1) is 27.6. The number of β-lactam (4-membered cyclic amide) rings is 1. The van der Waals surface area contributed by atoms with Crippen molar-refractivity contribution in [3.63, 3.8) is 0 Å². The Balaban J connectivity index is 1.06. The molecule has 2 aromatic rings. The summed E-state index contributed by atoms with van der Waals surface area (Å²) < 4.78 is 15.8. The molecule has 310 valence electrons. The van der Waals surface area contributed by atoms with Crippen molar-refractivity contribution in [2.75, 3.05) is 45.9 Å². The third-order valence-corrected chi connectivity index (χ3v) is 12.2. The van der Waals surface area contributed by atoms with E-state index in [0.29, 0.717) is 48.8 Å². The van der Waals surface area contributed by atoms with Crippen LogP contribution >= 0.6 is 11.8 Å². The normalized spacial score (nSPS) is 23.5. The largest absolute Gasteiger partial charge is 0.508 e. The number of carbonyl (C=O) groups is 5. The molecule has 4 heterocycles. The first kappa shape index (κ1) is 41.8. The summed E-state index contributed by atoms with van der Waals surface area (Å²) in [7, 11) is 0. The van der Waals surface area contributed by atoms with Crippen LogP contribution in [0, 0.1) is 32.1 Å². The number of nitro groups is 2. The quantitative estimate of drug-likeness (QED) is 0.120. The standard InChI is InChI=1S/C37H42N6O14S/c1-21-30-29(22(2)44)34(46)41(30)31(35(47)48)32(21)58-27-17-28(40(18-27)36(49)56-19-23-3-7-25(8-4-23)42(51)52)33(45)39-13-11-38(12-14-39)15-16-55-37(50)57-20-24-5-9-26(10-6-24)43(53)54/h3-10,21-22,27-30,44H,11-20H2,1-2H3,(H,47,48)/t21-,22-,27+,28+,29-,30-/m1/s1. The minimum atomic E-state index is -1.29. The highest BCUT2D eigenvalue weighted by molar-refractivity contribution is 8.03. The van der Waals surface area contributed by atoms with Gasteiger partial charge in [-0.2, -0.15) is 0 Å². The van der Waals surface area contributed by atoms with Gasteiger partial charge >= 0.3 is 18.2 Å². The number of ether oxygens (including phenoxy) is 3. The number of carboxylic acid groups (broad SMARTS) is 1. The van der Waals surface area contributed by atoms with E-state index in [4.69, 9.17) is 14.2 Å². The predicted octanol–water partition coefficient (Wildman–Crippen LogP) is 2.97. The van der Waals surface area contributed by atoms with E-state index in [-0.39, 0.29) is 55.8 Å². The summed E-state index contributed by atoms with van der Waals surface area (Å²) in [6, 6.07) is 9.55. The summed E-state index contributed by atoms with van der Waals surface area (Å²) in [5, 5.41) is 41.8. The molecule has 3 saturated heterocycles. The van der Waals surface area contributed by atoms with Gasteiger partial charge < -0.3 is 34.2 Å². The zero-order valence-electron chi connectivity index (χ0n) is 31.5. The van der Waals surface area contributed by atoms with Gasteiger partial charge in [-0.05, 0) is 48.7 Å². The van der Waals surface area contributed by atoms with Gasteiger partial charge in [0.1, 0.15) is 31.6 Å². The Morgan fingerprint density at radius 1 is 0.897 bits per heavy atom. The fourth-order valence-electron chi connectivity index (χ4n) is 7.68. The van der Waals surface area contributed by atoms with Crippen molar-refractivity contribution in [2.24, 2.45) is 11.8 Å². The number of nitro benzene ring substituents is 2. The molecule has 6 rings (SSSR count). The van der Waals surface area contributed by atoms with Crippen LogP contribution in [0.1, 0.15) is 31.4 Å². The van der Waals surface area contributed by atoms with Gasteiger partial charge in [0.15, 0.2) is 0 Å². The van der Waals surface area contributed by atoms with Crippen LogP contribution in [0.15, 0.2) is 59.1 Å². The van der Waals surface area contributed by atoms with Crippen molar-refractivity contribution < 1.29 is 58.2 Å². The maximum Gasteiger partial charge on any atom is 0.508 e. The lowest BCUT2D eigenvalue weighted by molar-refractivity contribution is -0.385. The summed E-state index contributed by atoms with van der Waals surface area (Å²) in [5.41, 5.74) is 0.660. The van der Waals surface area contributed by atoms with Crippen LogP contribution in [0.3, 0.4) is 0 Å². The van der Waals surface area contributed by atoms with Gasteiger partial charge in [0.2, 0.25) is 11.8 Å². The monoisotopic (exact) mass is 826 g/mol. The van der Waals surface area contributed by atoms with Crippen LogP contribution in [0.25, 0.3) is 0 Å². The number of aliphatic carboxylic acids is 1. The van der Waals surface area contributed by atoms with E-state index in [1.54, 1.807) is 11.8 Å². The number of likely N-dealkylation sites (tertiary alicyclic amines) is 1. The molecule has 0 spiro atoms. The predicted molar refractivity (Wildman–Crippen MR) is 202 cm³/mol. The summed E-state index contributed by atoms with van der Waals surface area (Å²) in [4.78, 5) is 92.6. The van der Waals surface area contributed by atoms with Crippen molar-refractivity contribution in [3.8, 4) is 0 Å². The second-order valence-corrected chi connectivity index (χ2v) is 15.7. The van der Waals surface area contributed by atoms with Crippen molar-refractivity contribution in [3.05, 3.63) is 90.5 Å². The molecule has 0 radical (unpaired) electrons. The molecule has 2 aromatic carbocycles. The van der Waals surface area contributed by atoms with E-state index < -0.39 is 69.2 Å². The Bertz CT molecular complexity index is 1970. The molecule has 0 bridgehead atoms. The van der Waals surface area contributed by atoms with Crippen molar-refractivity contribution in [1.82, 2.24) is 19.6 Å². The van der Waals surface area contributed by atoms with Crippen LogP contribution in [-0.2, 0) is 41.8 Å². The Labute approximate surface area is 335 Å². The van der Waals surface area contributed by atoms with E-state index >= 15 is 0 Å². The first-order valence-electron chi connectivity index (χ1n) is 18.5. The molecule has 2 N–H and O–H groups in total. The Morgan fingerprint density at radius 3 is 2.00 bits per heavy atom. The molecule has 6 atom stereocenters. The molecule has 4 aliphatic rings. The smallest absolute Gasteiger partial charge is 0.477 e. The number of nitrogens with zero attached hydrogens (tertiary/aromatic N) is 6. The molecule has 4 aliphatic heterocycles. The highest BCUT2D eigenvalue weighted by Gasteiger charge is 2.60. The second kappa shape index (κ2) is 17.8. The number of benzene rings is 2. The first-order valence-corrected chi connectivity index (χ1v) is 19.4. The summed E-state index contributed by atoms with van der Waals surface area (Å²) in [6.45, 7) is 4.80. The lowest BCUT2D eigenvalue weighted by atomic mass is 9.79. The Hall–Kier alpha value is -5.80. The SMILES string of the molecule is C[C@@H](O)[C@H]1C(=O)N2C(C(=O)O)=C(S[C@H]3C[C@@H](C(=O)N4CCN(CCOC(=O)OCc5ccc([N+](=O)[O-])cc5)CC4)N(C(=O)OCc4ccc([N+](=O)[O-])cc4)C3)[C@H](C)[C@H]12. The van der Waals surface area contributed by atoms with Gasteiger partial charge in [-0.3, -0.25) is 39.6 Å². The third kappa shape index (κ3) is 9.00. The number of hydrogen-bond acceptors (Lipinski definition) is 15. The van der Waals surface area contributed by atoms with E-state index in [2.05, 4.69) is 0 Å². The molecular formula is C37H42N6O14S. The maximum atomic E-state index is 14.1. The number of carbonyl (C=O) groups excluding carboxylic acids is 4. The minimum Gasteiger partial charge on any atom is -0.477 e. The van der Waals surface area contributed by atoms with E-state index in [9.17, 15) is 54.4 Å². The molecule has 58 heavy (non-hydrogen) atoms. The summed E-state index contributed by atoms with van der Waals surface area (Å²) in [6.07, 6.45) is -2.51. The number of rotatable bonds is 14. The number of non-ortho nitro benzene ring substituents is 2. The summed E-state index contributed by atoms with van der Waals surface area (Å²) >= 11 is 1.20. The lowest BCUT2D eigenvalue weighted by Gasteiger charge is -2.46. The number of amides is 3. The van der Waals surface area contributed by atoms with Gasteiger partial charge in [0, 0.05) is 79.6 Å². The topological polar surface area (TPSA) is 253 Å². The number of fused-ring (bicyclic) bond motifs is 1. The van der Waals surface area contributed by atoms with Crippen LogP contribution in [0.2, 0.25) is 0 Å². The maximum absolute atomic E-state index is 14.1. The molecule has 21 heteroatoms. The molecular weight excluding hydrogens is 785 g/mol. The fraction of sp³-hybridized carbons (Fsp3) is 0.486. The van der Waals surface area contributed by atoms with Crippen LogP contribution < -0.4 is 0 Å². The van der Waals surface area contributed by atoms with Gasteiger partial charge in [-0.25, -0.2) is 14.4 Å². The number of carboxylic acids is 1. The zero-order valence-corrected chi connectivity index (χ0v) is 32.4. The zero-order chi connectivity index (χ0) is 41.8. The van der Waals surface area contributed by atoms with E-state index in [0.717, 1.165) is 0 Å². The highest BCUT2D eigenvalue weighted by atomic mass is 32.2. The van der Waals surface area contributed by atoms with Gasteiger partial charge in [0.05, 0.1) is 27.9 Å². The number of piperazine rings is 1. The average Bonchev–Trinajstić information content (AvgIpc) is 3.73. The van der Waals surface area contributed by atoms with Crippen molar-refractivity contribution in [2.45, 2.75) is 56.9 Å². The third-order valence-electron chi connectivity index (χ3n) is 10.7. The minimum absolute atomic E-state index is 0.0113. The second-order valence-electron chi connectivity index (χ2n) is 14.4. The number of thioether (sulfide) groups is 1. The molecule has 0 aromatic heterocycles. The molecule has 0 saturated carbocycles. The van der Waals surface area contributed by atoms with Crippen molar-refractivity contribution >= 4 is 53.2 Å². The van der Waals surface area contributed by atoms with Crippen molar-refractivity contribution in [1.29, 1.82) is 0 Å². The van der Waals surface area contributed by atoms with Crippen LogP contribution in [0.5, 0.6) is 0 Å². The highest BCUT2D eigenvalue weighted by Crippen LogP contribution is 2.52. The average molecular weight is 827 g/mol. The van der Waals surface area contributed by atoms with Gasteiger partial charge in [0.25, 0.3) is 11.4 Å². The van der Waals surface area contributed by atoms with Crippen LogP contribution in [-0.4, -0.2) is 139 Å². The lowest BCUT2D eigenvalue weighted by Crippen LogP contribution is -2.63. The van der Waals surface area contributed by atoms with E-state index in [1.807, 2.05) is 4.90 Å². The number of aliphatic hydroxyl groups excluding tert-OH is 1. The number of aliphatic hydroxyl groups is 1. The molecule has 3 fully saturated rings. The van der Waals surface area contributed by atoms with Gasteiger partial charge in [-0.15, -0.1) is 11.8 Å².